The number of aromatic nitrogens is 2. The Kier molecular flexibility index (Phi) is 8.73. The summed E-state index contributed by atoms with van der Waals surface area (Å²) in [6, 6.07) is 23.0. The molecular formula is C30H31N3O5S. The van der Waals surface area contributed by atoms with E-state index in [0.717, 1.165) is 16.8 Å². The highest BCUT2D eigenvalue weighted by molar-refractivity contribution is 7.89. The zero-order valence-electron chi connectivity index (χ0n) is 22.2. The summed E-state index contributed by atoms with van der Waals surface area (Å²) in [5, 5.41) is 0. The van der Waals surface area contributed by atoms with Crippen LogP contribution in [0.3, 0.4) is 0 Å². The van der Waals surface area contributed by atoms with Crippen molar-refractivity contribution in [1.82, 2.24) is 14.3 Å². The van der Waals surface area contributed by atoms with Crippen LogP contribution < -0.4 is 4.74 Å². The van der Waals surface area contributed by atoms with Gasteiger partial charge in [0.05, 0.1) is 16.8 Å². The molecule has 0 unspecified atom stereocenters. The molecule has 1 aromatic heterocycles. The molecule has 0 saturated heterocycles. The third-order valence-electron chi connectivity index (χ3n) is 5.59. The van der Waals surface area contributed by atoms with Gasteiger partial charge in [-0.3, -0.25) is 9.97 Å². The molecule has 1 heterocycles. The second kappa shape index (κ2) is 12.2. The molecule has 0 radical (unpaired) electrons. The topological polar surface area (TPSA) is 98.7 Å². The number of carbonyl (C=O) groups is 1. The molecular weight excluding hydrogens is 514 g/mol. The fourth-order valence-corrected chi connectivity index (χ4v) is 5.29. The van der Waals surface area contributed by atoms with E-state index in [0.29, 0.717) is 11.3 Å². The number of esters is 1. The predicted molar refractivity (Wildman–Crippen MR) is 148 cm³/mol. The average molecular weight is 546 g/mol. The number of rotatable bonds is 10. The van der Waals surface area contributed by atoms with Crippen LogP contribution in [0.2, 0.25) is 0 Å². The van der Waals surface area contributed by atoms with Crippen molar-refractivity contribution >= 4 is 16.0 Å². The number of nitrogens with zero attached hydrogens (tertiary/aromatic N) is 3. The van der Waals surface area contributed by atoms with Gasteiger partial charge in [-0.1, -0.05) is 54.6 Å². The van der Waals surface area contributed by atoms with E-state index in [2.05, 4.69) is 9.97 Å². The van der Waals surface area contributed by atoms with E-state index in [1.165, 1.54) is 4.31 Å². The smallest absolute Gasteiger partial charge is 0.344 e. The minimum Gasteiger partial charge on any atom is -0.482 e. The molecule has 0 saturated carbocycles. The first-order valence-electron chi connectivity index (χ1n) is 12.4. The van der Waals surface area contributed by atoms with Crippen molar-refractivity contribution in [3.8, 4) is 17.0 Å². The van der Waals surface area contributed by atoms with E-state index in [4.69, 9.17) is 9.47 Å². The third kappa shape index (κ3) is 7.95. The Balaban J connectivity index is 1.55. The Hall–Kier alpha value is -4.08. The van der Waals surface area contributed by atoms with Crippen LogP contribution >= 0.6 is 0 Å². The number of ether oxygens (including phenoxy) is 2. The molecule has 8 nitrogen and oxygen atoms in total. The number of hydrogen-bond donors (Lipinski definition) is 0. The summed E-state index contributed by atoms with van der Waals surface area (Å²) in [4.78, 5) is 20.7. The highest BCUT2D eigenvalue weighted by Crippen LogP contribution is 2.24. The molecule has 4 rings (SSSR count). The largest absolute Gasteiger partial charge is 0.482 e. The highest BCUT2D eigenvalue weighted by atomic mass is 32.2. The molecule has 0 spiro atoms. The first-order chi connectivity index (χ1) is 18.6. The van der Waals surface area contributed by atoms with Gasteiger partial charge in [-0.15, -0.1) is 0 Å². The van der Waals surface area contributed by atoms with E-state index >= 15 is 0 Å². The van der Waals surface area contributed by atoms with Crippen LogP contribution in [0, 0.1) is 0 Å². The number of hydrogen-bond acceptors (Lipinski definition) is 7. The van der Waals surface area contributed by atoms with Gasteiger partial charge in [0.2, 0.25) is 10.0 Å². The minimum atomic E-state index is -3.82. The van der Waals surface area contributed by atoms with Gasteiger partial charge in [0, 0.05) is 31.0 Å². The Morgan fingerprint density at radius 3 is 2.26 bits per heavy atom. The molecule has 39 heavy (non-hydrogen) atoms. The Labute approximate surface area is 229 Å². The predicted octanol–water partition coefficient (Wildman–Crippen LogP) is 5.26. The molecule has 4 aromatic rings. The summed E-state index contributed by atoms with van der Waals surface area (Å²) in [6.07, 6.45) is 4.92. The molecule has 0 aliphatic carbocycles. The lowest BCUT2D eigenvalue weighted by atomic mass is 10.1. The molecule has 3 aromatic carbocycles. The normalized spacial score (nSPS) is 11.8. The monoisotopic (exact) mass is 545 g/mol. The van der Waals surface area contributed by atoms with Crippen molar-refractivity contribution in [3.05, 3.63) is 109 Å². The third-order valence-corrected chi connectivity index (χ3v) is 7.39. The summed E-state index contributed by atoms with van der Waals surface area (Å²) in [5.74, 6) is -0.0325. The minimum absolute atomic E-state index is 0.104. The van der Waals surface area contributed by atoms with E-state index in [1.807, 2.05) is 30.3 Å². The van der Waals surface area contributed by atoms with Crippen LogP contribution in [0.5, 0.6) is 5.75 Å². The second-order valence-corrected chi connectivity index (χ2v) is 11.8. The quantitative estimate of drug-likeness (QED) is 0.251. The maximum Gasteiger partial charge on any atom is 0.344 e. The van der Waals surface area contributed by atoms with Gasteiger partial charge in [-0.25, -0.2) is 13.2 Å². The van der Waals surface area contributed by atoms with Gasteiger partial charge in [0.15, 0.2) is 6.61 Å². The second-order valence-electron chi connectivity index (χ2n) is 9.90. The van der Waals surface area contributed by atoms with Gasteiger partial charge in [0.1, 0.15) is 11.4 Å². The zero-order valence-corrected chi connectivity index (χ0v) is 23.0. The van der Waals surface area contributed by atoms with Crippen molar-refractivity contribution in [2.45, 2.75) is 44.4 Å². The summed E-state index contributed by atoms with van der Waals surface area (Å²) < 4.78 is 39.7. The van der Waals surface area contributed by atoms with Gasteiger partial charge < -0.3 is 9.47 Å². The Morgan fingerprint density at radius 1 is 0.872 bits per heavy atom. The number of sulfonamides is 1. The summed E-state index contributed by atoms with van der Waals surface area (Å²) in [7, 11) is -3.82. The van der Waals surface area contributed by atoms with Gasteiger partial charge >= 0.3 is 5.97 Å². The van der Waals surface area contributed by atoms with Crippen LogP contribution in [-0.2, 0) is 32.6 Å². The fraction of sp³-hybridized carbons (Fsp3) is 0.233. The summed E-state index contributed by atoms with van der Waals surface area (Å²) in [5.41, 5.74) is 2.55. The molecule has 0 amide bonds. The highest BCUT2D eigenvalue weighted by Gasteiger charge is 2.25. The van der Waals surface area contributed by atoms with Crippen molar-refractivity contribution < 1.29 is 22.7 Å². The SMILES string of the molecule is CC(C)(C)OC(=O)COc1cccc(CN(Cc2ccc(-c3cnccn3)cc2)S(=O)(=O)c2ccccc2)c1. The molecule has 0 bridgehead atoms. The molecule has 0 aliphatic heterocycles. The Bertz CT molecular complexity index is 1490. The summed E-state index contributed by atoms with van der Waals surface area (Å²) in [6.45, 7) is 5.38. The van der Waals surface area contributed by atoms with Gasteiger partial charge in [-0.05, 0) is 56.2 Å². The standard InChI is InChI=1S/C30H31N3O5S/c1-30(2,3)38-29(34)22-37-26-9-7-8-24(18-26)21-33(39(35,36)27-10-5-4-6-11-27)20-23-12-14-25(15-13-23)28-19-31-16-17-32-28/h4-19H,20-22H2,1-3H3. The molecule has 0 atom stereocenters. The van der Waals surface area contributed by atoms with Crippen LogP contribution in [0.4, 0.5) is 0 Å². The van der Waals surface area contributed by atoms with Crippen LogP contribution in [0.15, 0.2) is 102 Å². The molecule has 0 aliphatic rings. The van der Waals surface area contributed by atoms with Gasteiger partial charge in [-0.2, -0.15) is 4.31 Å². The maximum atomic E-state index is 13.7. The van der Waals surface area contributed by atoms with Gasteiger partial charge in [0.25, 0.3) is 0 Å². The lowest BCUT2D eigenvalue weighted by Gasteiger charge is -2.23. The molecule has 0 fully saturated rings. The van der Waals surface area contributed by atoms with Crippen molar-refractivity contribution in [1.29, 1.82) is 0 Å². The van der Waals surface area contributed by atoms with Crippen molar-refractivity contribution in [2.75, 3.05) is 6.61 Å². The van der Waals surface area contributed by atoms with E-state index in [-0.39, 0.29) is 24.6 Å². The first-order valence-corrected chi connectivity index (χ1v) is 13.9. The van der Waals surface area contributed by atoms with E-state index in [1.54, 1.807) is 87.9 Å². The van der Waals surface area contributed by atoms with Crippen LogP contribution in [0.25, 0.3) is 11.3 Å². The van der Waals surface area contributed by atoms with Crippen LogP contribution in [0.1, 0.15) is 31.9 Å². The first kappa shape index (κ1) is 27.9. The summed E-state index contributed by atoms with van der Waals surface area (Å²) >= 11 is 0. The van der Waals surface area contributed by atoms with Crippen LogP contribution in [-0.4, -0.2) is 40.9 Å². The van der Waals surface area contributed by atoms with E-state index < -0.39 is 21.6 Å². The average Bonchev–Trinajstić information content (AvgIpc) is 2.92. The van der Waals surface area contributed by atoms with E-state index in [9.17, 15) is 13.2 Å². The lowest BCUT2D eigenvalue weighted by molar-refractivity contribution is -0.157. The number of benzene rings is 3. The van der Waals surface area contributed by atoms with Crippen molar-refractivity contribution in [3.63, 3.8) is 0 Å². The number of carbonyl (C=O) groups excluding carboxylic acids is 1. The molecule has 202 valence electrons. The molecule has 9 heteroatoms. The zero-order chi connectivity index (χ0) is 27.9. The fourth-order valence-electron chi connectivity index (χ4n) is 3.85. The molecule has 0 N–H and O–H groups in total. The van der Waals surface area contributed by atoms with Crippen molar-refractivity contribution in [2.24, 2.45) is 0 Å². The Morgan fingerprint density at radius 2 is 1.59 bits per heavy atom. The maximum absolute atomic E-state index is 13.7. The lowest BCUT2D eigenvalue weighted by Crippen LogP contribution is -2.30.